The van der Waals surface area contributed by atoms with Crippen molar-refractivity contribution in [1.82, 2.24) is 4.90 Å². The van der Waals surface area contributed by atoms with Crippen LogP contribution in [-0.4, -0.2) is 65.4 Å². The van der Waals surface area contributed by atoms with Crippen LogP contribution < -0.4 is 24.4 Å². The van der Waals surface area contributed by atoms with Crippen LogP contribution in [0.5, 0.6) is 17.2 Å². The molecular formula is C24H33N3O4. The highest BCUT2D eigenvalue weighted by molar-refractivity contribution is 5.91. The number of hydrogen-bond donors (Lipinski definition) is 1. The van der Waals surface area contributed by atoms with E-state index in [1.165, 1.54) is 11.3 Å². The van der Waals surface area contributed by atoms with Gasteiger partial charge in [-0.3, -0.25) is 4.79 Å². The van der Waals surface area contributed by atoms with Gasteiger partial charge in [-0.05, 0) is 55.8 Å². The zero-order chi connectivity index (χ0) is 22.4. The highest BCUT2D eigenvalue weighted by Gasteiger charge is 2.18. The third kappa shape index (κ3) is 5.41. The van der Waals surface area contributed by atoms with E-state index in [2.05, 4.69) is 35.2 Å². The molecule has 0 bridgehead atoms. The molecule has 0 unspecified atom stereocenters. The Morgan fingerprint density at radius 2 is 1.68 bits per heavy atom. The number of hydrogen-bond acceptors (Lipinski definition) is 6. The molecule has 1 N–H and O–H groups in total. The standard InChI is InChI=1S/C24H33N3O4/c1-17-16-19(8-9-20(17)27-14-12-26(2)13-15-27)25-22(28)11-7-18-6-10-21(29-3)24(31-5)23(18)30-4/h6,8-10,16H,7,11-15H2,1-5H3,(H,25,28). The first-order valence-corrected chi connectivity index (χ1v) is 10.6. The Hall–Kier alpha value is -2.93. The molecule has 1 fully saturated rings. The molecular weight excluding hydrogens is 394 g/mol. The lowest BCUT2D eigenvalue weighted by Crippen LogP contribution is -2.44. The monoisotopic (exact) mass is 427 g/mol. The number of carbonyl (C=O) groups is 1. The van der Waals surface area contributed by atoms with E-state index in [4.69, 9.17) is 14.2 Å². The molecule has 1 heterocycles. The van der Waals surface area contributed by atoms with Crippen molar-refractivity contribution >= 4 is 17.3 Å². The first-order chi connectivity index (χ1) is 15.0. The second-order valence-electron chi connectivity index (χ2n) is 7.83. The van der Waals surface area contributed by atoms with Gasteiger partial charge in [-0.25, -0.2) is 0 Å². The Morgan fingerprint density at radius 3 is 2.29 bits per heavy atom. The van der Waals surface area contributed by atoms with Crippen molar-refractivity contribution in [2.24, 2.45) is 0 Å². The normalized spacial score (nSPS) is 14.3. The Kier molecular flexibility index (Phi) is 7.63. The van der Waals surface area contributed by atoms with Gasteiger partial charge in [-0.15, -0.1) is 0 Å². The van der Waals surface area contributed by atoms with Gasteiger partial charge < -0.3 is 29.3 Å². The number of anilines is 2. The van der Waals surface area contributed by atoms with Crippen LogP contribution in [-0.2, 0) is 11.2 Å². The smallest absolute Gasteiger partial charge is 0.224 e. The first kappa shape index (κ1) is 22.7. The van der Waals surface area contributed by atoms with Gasteiger partial charge in [0.15, 0.2) is 11.5 Å². The molecule has 1 amide bonds. The van der Waals surface area contributed by atoms with E-state index in [1.807, 2.05) is 24.3 Å². The number of piperazine rings is 1. The largest absolute Gasteiger partial charge is 0.493 e. The van der Waals surface area contributed by atoms with Gasteiger partial charge in [0, 0.05) is 44.0 Å². The van der Waals surface area contributed by atoms with Gasteiger partial charge in [0.2, 0.25) is 11.7 Å². The SMILES string of the molecule is COc1ccc(CCC(=O)Nc2ccc(N3CCN(C)CC3)c(C)c2)c(OC)c1OC. The first-order valence-electron chi connectivity index (χ1n) is 10.6. The number of methoxy groups -OCH3 is 3. The molecule has 7 nitrogen and oxygen atoms in total. The molecule has 0 aromatic heterocycles. The zero-order valence-corrected chi connectivity index (χ0v) is 19.2. The number of amides is 1. The summed E-state index contributed by atoms with van der Waals surface area (Å²) in [5.74, 6) is 1.70. The highest BCUT2D eigenvalue weighted by Crippen LogP contribution is 2.40. The molecule has 3 rings (SSSR count). The van der Waals surface area contributed by atoms with Crippen molar-refractivity contribution in [1.29, 1.82) is 0 Å². The summed E-state index contributed by atoms with van der Waals surface area (Å²) in [5.41, 5.74) is 4.13. The maximum atomic E-state index is 12.6. The van der Waals surface area contributed by atoms with Crippen molar-refractivity contribution in [3.63, 3.8) is 0 Å². The predicted molar refractivity (Wildman–Crippen MR) is 124 cm³/mol. The van der Waals surface area contributed by atoms with Crippen molar-refractivity contribution in [2.75, 3.05) is 64.8 Å². The molecule has 0 saturated carbocycles. The van der Waals surface area contributed by atoms with E-state index in [9.17, 15) is 4.79 Å². The van der Waals surface area contributed by atoms with E-state index in [0.717, 1.165) is 37.4 Å². The second-order valence-corrected chi connectivity index (χ2v) is 7.83. The Balaban J connectivity index is 1.62. The summed E-state index contributed by atoms with van der Waals surface area (Å²) in [6.07, 6.45) is 0.874. The third-order valence-electron chi connectivity index (χ3n) is 5.73. The van der Waals surface area contributed by atoms with E-state index < -0.39 is 0 Å². The number of likely N-dealkylation sites (N-methyl/N-ethyl adjacent to an activating group) is 1. The molecule has 7 heteroatoms. The Labute approximate surface area is 184 Å². The molecule has 1 saturated heterocycles. The average Bonchev–Trinajstić information content (AvgIpc) is 2.77. The lowest BCUT2D eigenvalue weighted by molar-refractivity contribution is -0.116. The van der Waals surface area contributed by atoms with E-state index in [-0.39, 0.29) is 5.91 Å². The maximum absolute atomic E-state index is 12.6. The van der Waals surface area contributed by atoms with Gasteiger partial charge >= 0.3 is 0 Å². The minimum absolute atomic E-state index is 0.0383. The van der Waals surface area contributed by atoms with Crippen LogP contribution in [0.4, 0.5) is 11.4 Å². The van der Waals surface area contributed by atoms with Crippen molar-refractivity contribution in [3.8, 4) is 17.2 Å². The molecule has 168 valence electrons. The summed E-state index contributed by atoms with van der Waals surface area (Å²) in [6, 6.07) is 9.86. The Bertz CT molecular complexity index is 908. The van der Waals surface area contributed by atoms with Gasteiger partial charge in [0.25, 0.3) is 0 Å². The maximum Gasteiger partial charge on any atom is 0.224 e. The quantitative estimate of drug-likeness (QED) is 0.697. The number of carbonyl (C=O) groups excluding carboxylic acids is 1. The highest BCUT2D eigenvalue weighted by atomic mass is 16.5. The fourth-order valence-electron chi connectivity index (χ4n) is 3.97. The van der Waals surface area contributed by atoms with Gasteiger partial charge in [-0.1, -0.05) is 6.07 Å². The molecule has 2 aromatic rings. The van der Waals surface area contributed by atoms with Gasteiger partial charge in [0.05, 0.1) is 21.3 Å². The molecule has 31 heavy (non-hydrogen) atoms. The molecule has 0 radical (unpaired) electrons. The summed E-state index contributed by atoms with van der Waals surface area (Å²) >= 11 is 0. The fraction of sp³-hybridized carbons (Fsp3) is 0.458. The van der Waals surface area contributed by atoms with Crippen LogP contribution in [0.15, 0.2) is 30.3 Å². The van der Waals surface area contributed by atoms with Crippen molar-refractivity contribution in [2.45, 2.75) is 19.8 Å². The molecule has 2 aromatic carbocycles. The van der Waals surface area contributed by atoms with Crippen molar-refractivity contribution < 1.29 is 19.0 Å². The third-order valence-corrected chi connectivity index (χ3v) is 5.73. The number of nitrogens with one attached hydrogen (secondary N) is 1. The zero-order valence-electron chi connectivity index (χ0n) is 19.2. The predicted octanol–water partition coefficient (Wildman–Crippen LogP) is 3.34. The summed E-state index contributed by atoms with van der Waals surface area (Å²) in [7, 11) is 6.90. The lowest BCUT2D eigenvalue weighted by Gasteiger charge is -2.35. The molecule has 0 aliphatic carbocycles. The number of aryl methyl sites for hydroxylation is 2. The van der Waals surface area contributed by atoms with Crippen molar-refractivity contribution in [3.05, 3.63) is 41.5 Å². The number of nitrogens with zero attached hydrogens (tertiary/aromatic N) is 2. The summed E-state index contributed by atoms with van der Waals surface area (Å²) < 4.78 is 16.3. The molecule has 0 spiro atoms. The van der Waals surface area contributed by atoms with Crippen LogP contribution in [0.2, 0.25) is 0 Å². The van der Waals surface area contributed by atoms with E-state index in [0.29, 0.717) is 30.1 Å². The topological polar surface area (TPSA) is 63.3 Å². The fourth-order valence-corrected chi connectivity index (χ4v) is 3.97. The second kappa shape index (κ2) is 10.4. The molecule has 1 aliphatic rings. The van der Waals surface area contributed by atoms with Crippen LogP contribution in [0.25, 0.3) is 0 Å². The van der Waals surface area contributed by atoms with E-state index >= 15 is 0 Å². The number of benzene rings is 2. The van der Waals surface area contributed by atoms with Gasteiger partial charge in [0.1, 0.15) is 0 Å². The summed E-state index contributed by atoms with van der Waals surface area (Å²) in [6.45, 7) is 6.28. The number of ether oxygens (including phenoxy) is 3. The molecule has 0 atom stereocenters. The summed E-state index contributed by atoms with van der Waals surface area (Å²) in [5, 5.41) is 3.02. The van der Waals surface area contributed by atoms with Crippen LogP contribution in [0, 0.1) is 6.92 Å². The number of rotatable bonds is 8. The average molecular weight is 428 g/mol. The summed E-state index contributed by atoms with van der Waals surface area (Å²) in [4.78, 5) is 17.3. The van der Waals surface area contributed by atoms with Crippen LogP contribution in [0.3, 0.4) is 0 Å². The Morgan fingerprint density at radius 1 is 0.968 bits per heavy atom. The van der Waals surface area contributed by atoms with Crippen LogP contribution in [0.1, 0.15) is 17.5 Å². The van der Waals surface area contributed by atoms with Crippen LogP contribution >= 0.6 is 0 Å². The molecule has 1 aliphatic heterocycles. The minimum atomic E-state index is -0.0383. The van der Waals surface area contributed by atoms with Gasteiger partial charge in [-0.2, -0.15) is 0 Å². The minimum Gasteiger partial charge on any atom is -0.493 e. The lowest BCUT2D eigenvalue weighted by atomic mass is 10.1. The van der Waals surface area contributed by atoms with E-state index in [1.54, 1.807) is 21.3 Å².